The molecule has 2 fully saturated rings. The van der Waals surface area contributed by atoms with Crippen LogP contribution in [0.3, 0.4) is 0 Å². The highest BCUT2D eigenvalue weighted by Gasteiger charge is 2.56. The van der Waals surface area contributed by atoms with Crippen LogP contribution < -0.4 is 9.64 Å². The van der Waals surface area contributed by atoms with Crippen LogP contribution in [0.1, 0.15) is 35.8 Å². The third-order valence-electron chi connectivity index (χ3n) is 6.84. The summed E-state index contributed by atoms with van der Waals surface area (Å²) in [4.78, 5) is 28.9. The van der Waals surface area contributed by atoms with Gasteiger partial charge in [-0.15, -0.1) is 0 Å². The number of amides is 2. The van der Waals surface area contributed by atoms with E-state index in [1.54, 1.807) is 31.4 Å². The predicted molar refractivity (Wildman–Crippen MR) is 120 cm³/mol. The summed E-state index contributed by atoms with van der Waals surface area (Å²) in [5, 5.41) is 0. The average Bonchev–Trinajstić information content (AvgIpc) is 3.10. The summed E-state index contributed by atoms with van der Waals surface area (Å²) in [6.07, 6.45) is 1.78. The van der Waals surface area contributed by atoms with E-state index in [2.05, 4.69) is 24.3 Å². The second-order valence-corrected chi connectivity index (χ2v) is 8.37. The van der Waals surface area contributed by atoms with Crippen LogP contribution in [0, 0.1) is 11.8 Å². The lowest BCUT2D eigenvalue weighted by Crippen LogP contribution is -2.34. The Balaban J connectivity index is 1.58. The number of carbonyl (C=O) groups is 2. The van der Waals surface area contributed by atoms with Gasteiger partial charge < -0.3 is 4.74 Å². The van der Waals surface area contributed by atoms with Crippen molar-refractivity contribution in [3.63, 3.8) is 0 Å². The molecule has 1 saturated carbocycles. The molecule has 3 aromatic rings. The molecule has 156 valence electrons. The fourth-order valence-electron chi connectivity index (χ4n) is 5.41. The zero-order valence-corrected chi connectivity index (χ0v) is 17.5. The van der Waals surface area contributed by atoms with Crippen LogP contribution in [0.4, 0.5) is 5.69 Å². The van der Waals surface area contributed by atoms with Gasteiger partial charge in [-0.2, -0.15) is 0 Å². The molecule has 3 aromatic carbocycles. The molecule has 0 N–H and O–H groups in total. The van der Waals surface area contributed by atoms with E-state index >= 15 is 0 Å². The highest BCUT2D eigenvalue weighted by atomic mass is 16.5. The molecule has 0 radical (unpaired) electrons. The number of anilines is 1. The van der Waals surface area contributed by atoms with E-state index in [9.17, 15) is 9.59 Å². The van der Waals surface area contributed by atoms with E-state index in [0.29, 0.717) is 11.4 Å². The van der Waals surface area contributed by atoms with Crippen LogP contribution in [0.2, 0.25) is 0 Å². The number of nitrogens with zero attached hydrogens (tertiary/aromatic N) is 1. The predicted octanol–water partition coefficient (Wildman–Crippen LogP) is 5.16. The van der Waals surface area contributed by atoms with Crippen molar-refractivity contribution in [2.75, 3.05) is 12.0 Å². The first-order valence-electron chi connectivity index (χ1n) is 10.8. The van der Waals surface area contributed by atoms with E-state index in [0.717, 1.165) is 24.0 Å². The van der Waals surface area contributed by atoms with Crippen molar-refractivity contribution in [2.24, 2.45) is 11.8 Å². The maximum atomic E-state index is 13.7. The molecular formula is C27H25NO3. The largest absolute Gasteiger partial charge is 0.497 e. The SMILES string of the molecule is COc1ccc(N2C(=O)C3C(c4ccccc4)CCC(c4ccccc4)C3C2=O)cc1. The van der Waals surface area contributed by atoms with Crippen LogP contribution in [0.5, 0.6) is 5.75 Å². The smallest absolute Gasteiger partial charge is 0.238 e. The summed E-state index contributed by atoms with van der Waals surface area (Å²) in [5.41, 5.74) is 2.90. The van der Waals surface area contributed by atoms with Crippen LogP contribution in [-0.2, 0) is 9.59 Å². The molecule has 2 amide bonds. The van der Waals surface area contributed by atoms with Crippen molar-refractivity contribution in [3.8, 4) is 5.75 Å². The summed E-state index contributed by atoms with van der Waals surface area (Å²) in [7, 11) is 1.60. The molecule has 4 atom stereocenters. The van der Waals surface area contributed by atoms with Crippen molar-refractivity contribution in [1.82, 2.24) is 0 Å². The van der Waals surface area contributed by atoms with Gasteiger partial charge in [-0.3, -0.25) is 14.5 Å². The number of hydrogen-bond acceptors (Lipinski definition) is 3. The molecular weight excluding hydrogens is 386 g/mol. The first kappa shape index (κ1) is 19.6. The number of imide groups is 1. The molecule has 5 rings (SSSR count). The van der Waals surface area contributed by atoms with Gasteiger partial charge in [0.2, 0.25) is 11.8 Å². The van der Waals surface area contributed by atoms with Gasteiger partial charge in [-0.05, 0) is 60.1 Å². The molecule has 1 aliphatic heterocycles. The Labute approximate surface area is 182 Å². The molecule has 4 nitrogen and oxygen atoms in total. The Kier molecular flexibility index (Phi) is 5.06. The molecule has 31 heavy (non-hydrogen) atoms. The third kappa shape index (κ3) is 3.32. The lowest BCUT2D eigenvalue weighted by Gasteiger charge is -2.37. The summed E-state index contributed by atoms with van der Waals surface area (Å²) in [6.45, 7) is 0. The Morgan fingerprint density at radius 1 is 0.677 bits per heavy atom. The maximum absolute atomic E-state index is 13.7. The van der Waals surface area contributed by atoms with Crippen molar-refractivity contribution in [2.45, 2.75) is 24.7 Å². The molecule has 2 aliphatic rings. The lowest BCUT2D eigenvalue weighted by atomic mass is 9.64. The quantitative estimate of drug-likeness (QED) is 0.557. The van der Waals surface area contributed by atoms with Gasteiger partial charge in [0, 0.05) is 0 Å². The first-order chi connectivity index (χ1) is 15.2. The number of fused-ring (bicyclic) bond motifs is 1. The second-order valence-electron chi connectivity index (χ2n) is 8.37. The number of methoxy groups -OCH3 is 1. The van der Waals surface area contributed by atoms with E-state index in [1.807, 2.05) is 36.4 Å². The van der Waals surface area contributed by atoms with Crippen LogP contribution in [0.25, 0.3) is 0 Å². The average molecular weight is 412 g/mol. The van der Waals surface area contributed by atoms with Gasteiger partial charge in [0.1, 0.15) is 5.75 Å². The molecule has 0 bridgehead atoms. The minimum absolute atomic E-state index is 0.0471. The minimum Gasteiger partial charge on any atom is -0.497 e. The van der Waals surface area contributed by atoms with Crippen molar-refractivity contribution in [3.05, 3.63) is 96.1 Å². The Bertz CT molecular complexity index is 1010. The van der Waals surface area contributed by atoms with Crippen molar-refractivity contribution < 1.29 is 14.3 Å². The Hall–Kier alpha value is -3.40. The highest BCUT2D eigenvalue weighted by molar-refractivity contribution is 6.22. The Morgan fingerprint density at radius 3 is 1.55 bits per heavy atom. The Morgan fingerprint density at radius 2 is 1.13 bits per heavy atom. The van der Waals surface area contributed by atoms with Gasteiger partial charge in [0.05, 0.1) is 24.6 Å². The van der Waals surface area contributed by atoms with Gasteiger partial charge in [-0.1, -0.05) is 60.7 Å². The van der Waals surface area contributed by atoms with Crippen LogP contribution in [0.15, 0.2) is 84.9 Å². The summed E-state index contributed by atoms with van der Waals surface area (Å²) >= 11 is 0. The van der Waals surface area contributed by atoms with Gasteiger partial charge in [0.15, 0.2) is 0 Å². The standard InChI is InChI=1S/C27H25NO3/c1-31-21-14-12-20(13-15-21)28-26(29)24-22(18-8-4-2-5-9-18)16-17-23(25(24)27(28)30)19-10-6-3-7-11-19/h2-15,22-25H,16-17H2,1H3. The van der Waals surface area contributed by atoms with E-state index in [-0.39, 0.29) is 35.5 Å². The highest BCUT2D eigenvalue weighted by Crippen LogP contribution is 2.53. The molecule has 0 aromatic heterocycles. The minimum atomic E-state index is -0.351. The molecule has 0 spiro atoms. The topological polar surface area (TPSA) is 46.6 Å². The number of hydrogen-bond donors (Lipinski definition) is 0. The fourth-order valence-corrected chi connectivity index (χ4v) is 5.41. The second kappa shape index (κ2) is 8.03. The lowest BCUT2D eigenvalue weighted by molar-refractivity contribution is -0.122. The molecule has 1 saturated heterocycles. The number of ether oxygens (including phenoxy) is 1. The molecule has 1 heterocycles. The van der Waals surface area contributed by atoms with Gasteiger partial charge in [0.25, 0.3) is 0 Å². The monoisotopic (exact) mass is 411 g/mol. The van der Waals surface area contributed by atoms with Crippen molar-refractivity contribution >= 4 is 17.5 Å². The number of carbonyl (C=O) groups excluding carboxylic acids is 2. The van der Waals surface area contributed by atoms with Crippen LogP contribution >= 0.6 is 0 Å². The third-order valence-corrected chi connectivity index (χ3v) is 6.84. The fraction of sp³-hybridized carbons (Fsp3) is 0.259. The molecule has 4 heteroatoms. The van der Waals surface area contributed by atoms with E-state index < -0.39 is 0 Å². The van der Waals surface area contributed by atoms with Gasteiger partial charge >= 0.3 is 0 Å². The zero-order valence-electron chi connectivity index (χ0n) is 17.5. The van der Waals surface area contributed by atoms with Crippen LogP contribution in [-0.4, -0.2) is 18.9 Å². The first-order valence-corrected chi connectivity index (χ1v) is 10.8. The number of benzene rings is 3. The van der Waals surface area contributed by atoms with Crippen molar-refractivity contribution in [1.29, 1.82) is 0 Å². The van der Waals surface area contributed by atoms with E-state index in [1.165, 1.54) is 4.90 Å². The molecule has 1 aliphatic carbocycles. The zero-order chi connectivity index (χ0) is 21.4. The summed E-state index contributed by atoms with van der Waals surface area (Å²) < 4.78 is 5.24. The maximum Gasteiger partial charge on any atom is 0.238 e. The normalized spacial score (nSPS) is 25.4. The molecule has 4 unspecified atom stereocenters. The summed E-state index contributed by atoms with van der Waals surface area (Å²) in [6, 6.07) is 27.5. The summed E-state index contributed by atoms with van der Waals surface area (Å²) in [5.74, 6) is -0.0856. The van der Waals surface area contributed by atoms with Gasteiger partial charge in [-0.25, -0.2) is 0 Å². The van der Waals surface area contributed by atoms with E-state index in [4.69, 9.17) is 4.74 Å². The number of rotatable bonds is 4.